The van der Waals surface area contributed by atoms with Crippen molar-refractivity contribution in [2.75, 3.05) is 18.8 Å². The molecule has 4 rings (SSSR count). The number of hydrogen-bond donors (Lipinski definition) is 0. The second-order valence-corrected chi connectivity index (χ2v) is 11.2. The average Bonchev–Trinajstić information content (AvgIpc) is 2.87. The van der Waals surface area contributed by atoms with Crippen molar-refractivity contribution in [1.29, 1.82) is 0 Å². The number of hydrogen-bond acceptors (Lipinski definition) is 4. The van der Waals surface area contributed by atoms with Gasteiger partial charge in [0.15, 0.2) is 5.16 Å². The molecule has 35 heavy (non-hydrogen) atoms. The highest BCUT2D eigenvalue weighted by Crippen LogP contribution is 2.48. The first kappa shape index (κ1) is 26.0. The van der Waals surface area contributed by atoms with Crippen LogP contribution in [0.5, 0.6) is 0 Å². The zero-order chi connectivity index (χ0) is 24.8. The van der Waals surface area contributed by atoms with Crippen molar-refractivity contribution < 1.29 is 4.79 Å². The summed E-state index contributed by atoms with van der Waals surface area (Å²) in [6.45, 7) is 8.59. The van der Waals surface area contributed by atoms with Crippen LogP contribution in [0.15, 0.2) is 34.2 Å². The maximum absolute atomic E-state index is 14.2. The second-order valence-electron chi connectivity index (χ2n) is 10.3. The zero-order valence-corrected chi connectivity index (χ0v) is 22.6. The number of carbonyl (C=O) groups excluding carboxylic acids is 1. The summed E-state index contributed by atoms with van der Waals surface area (Å²) in [6, 6.07) is 8.49. The van der Waals surface area contributed by atoms with Gasteiger partial charge in [-0.25, -0.2) is 4.98 Å². The fraction of sp³-hybridized carbons (Fsp3) is 0.621. The molecule has 2 aliphatic carbocycles. The normalized spacial score (nSPS) is 16.1. The molecule has 0 radical (unpaired) electrons. The van der Waals surface area contributed by atoms with Gasteiger partial charge in [0, 0.05) is 30.6 Å². The van der Waals surface area contributed by atoms with Crippen molar-refractivity contribution in [3.05, 3.63) is 45.7 Å². The highest BCUT2D eigenvalue weighted by Gasteiger charge is 2.43. The molecule has 0 bridgehead atoms. The summed E-state index contributed by atoms with van der Waals surface area (Å²) in [7, 11) is 0. The van der Waals surface area contributed by atoms with Gasteiger partial charge in [0.25, 0.3) is 5.56 Å². The summed E-state index contributed by atoms with van der Waals surface area (Å²) < 4.78 is 1.90. The molecule has 6 heteroatoms. The number of carbonyl (C=O) groups is 1. The molecule has 1 saturated carbocycles. The lowest BCUT2D eigenvalue weighted by atomic mass is 9.62. The summed E-state index contributed by atoms with van der Waals surface area (Å²) in [5, 5.41) is 0.700. The van der Waals surface area contributed by atoms with E-state index in [1.54, 1.807) is 0 Å². The van der Waals surface area contributed by atoms with E-state index in [-0.39, 0.29) is 16.9 Å². The monoisotopic (exact) mass is 495 g/mol. The first-order valence-electron chi connectivity index (χ1n) is 13.7. The molecule has 1 aromatic heterocycles. The van der Waals surface area contributed by atoms with Crippen molar-refractivity contribution in [3.8, 4) is 11.3 Å². The number of nitrogens with zero attached hydrogens (tertiary/aromatic N) is 3. The molecule has 5 nitrogen and oxygen atoms in total. The average molecular weight is 496 g/mol. The van der Waals surface area contributed by atoms with Crippen molar-refractivity contribution in [2.24, 2.45) is 0 Å². The third-order valence-corrected chi connectivity index (χ3v) is 8.64. The molecule has 0 atom stereocenters. The van der Waals surface area contributed by atoms with Gasteiger partial charge >= 0.3 is 0 Å². The van der Waals surface area contributed by atoms with E-state index in [1.807, 2.05) is 9.47 Å². The number of amides is 1. The third kappa shape index (κ3) is 5.37. The lowest BCUT2D eigenvalue weighted by Gasteiger charge is -2.42. The van der Waals surface area contributed by atoms with E-state index in [0.717, 1.165) is 74.9 Å². The van der Waals surface area contributed by atoms with Crippen LogP contribution in [0.2, 0.25) is 0 Å². The van der Waals surface area contributed by atoms with Gasteiger partial charge in [-0.2, -0.15) is 0 Å². The smallest absolute Gasteiger partial charge is 0.258 e. The van der Waals surface area contributed by atoms with Crippen LogP contribution in [0.3, 0.4) is 0 Å². The van der Waals surface area contributed by atoms with E-state index in [0.29, 0.717) is 17.5 Å². The van der Waals surface area contributed by atoms with Crippen LogP contribution < -0.4 is 5.56 Å². The third-order valence-electron chi connectivity index (χ3n) is 7.68. The van der Waals surface area contributed by atoms with Gasteiger partial charge in [0.05, 0.1) is 17.0 Å². The molecule has 2 aliphatic rings. The predicted octanol–water partition coefficient (Wildman–Crippen LogP) is 6.21. The van der Waals surface area contributed by atoms with Crippen LogP contribution in [0.25, 0.3) is 11.3 Å². The van der Waals surface area contributed by atoms with E-state index in [4.69, 9.17) is 4.98 Å². The van der Waals surface area contributed by atoms with E-state index in [2.05, 4.69) is 45.0 Å². The molecule has 1 aromatic carbocycles. The van der Waals surface area contributed by atoms with Crippen molar-refractivity contribution in [1.82, 2.24) is 14.5 Å². The first-order valence-corrected chi connectivity index (χ1v) is 14.7. The van der Waals surface area contributed by atoms with Crippen LogP contribution in [0, 0.1) is 0 Å². The van der Waals surface area contributed by atoms with Crippen molar-refractivity contribution in [2.45, 2.75) is 102 Å². The SMILES string of the molecule is CCCCn1c(SCC(=O)N(CCC)CCC)nc2c(c1=O)C1(CCCCC1)Cc1ccccc1-2. The Morgan fingerprint density at radius 2 is 1.77 bits per heavy atom. The Kier molecular flexibility index (Phi) is 8.74. The van der Waals surface area contributed by atoms with Gasteiger partial charge in [-0.1, -0.05) is 82.5 Å². The fourth-order valence-corrected chi connectivity index (χ4v) is 6.88. The number of benzene rings is 1. The van der Waals surface area contributed by atoms with Crippen LogP contribution in [0.4, 0.5) is 0 Å². The molecule has 1 fully saturated rings. The lowest BCUT2D eigenvalue weighted by molar-refractivity contribution is -0.128. The largest absolute Gasteiger partial charge is 0.342 e. The van der Waals surface area contributed by atoms with Crippen LogP contribution >= 0.6 is 11.8 Å². The van der Waals surface area contributed by atoms with Gasteiger partial charge in [-0.05, 0) is 44.1 Å². The van der Waals surface area contributed by atoms with Gasteiger partial charge in [0.1, 0.15) is 0 Å². The minimum Gasteiger partial charge on any atom is -0.342 e. The number of fused-ring (bicyclic) bond motifs is 4. The molecular weight excluding hydrogens is 454 g/mol. The molecule has 2 aromatic rings. The lowest BCUT2D eigenvalue weighted by Crippen LogP contribution is -2.43. The maximum atomic E-state index is 14.2. The minimum atomic E-state index is -0.0992. The molecule has 1 amide bonds. The predicted molar refractivity (Wildman–Crippen MR) is 145 cm³/mol. The van der Waals surface area contributed by atoms with E-state index in [9.17, 15) is 9.59 Å². The van der Waals surface area contributed by atoms with E-state index >= 15 is 0 Å². The molecule has 0 saturated heterocycles. The molecule has 0 unspecified atom stereocenters. The fourth-order valence-electron chi connectivity index (χ4n) is 5.96. The first-order chi connectivity index (χ1) is 17.0. The van der Waals surface area contributed by atoms with Gasteiger partial charge in [-0.15, -0.1) is 0 Å². The second kappa shape index (κ2) is 11.8. The molecule has 190 valence electrons. The number of thioether (sulfide) groups is 1. The Balaban J connectivity index is 1.78. The molecule has 1 heterocycles. The minimum absolute atomic E-state index is 0.0992. The van der Waals surface area contributed by atoms with Crippen molar-refractivity contribution in [3.63, 3.8) is 0 Å². The molecule has 0 N–H and O–H groups in total. The number of unbranched alkanes of at least 4 members (excludes halogenated alkanes) is 1. The standard InChI is InChI=1S/C29H41N3O2S/c1-4-7-19-32-27(34)25-26(30-28(32)35-21-24(33)31(17-5-2)18-6-3)23-14-10-9-13-22(23)20-29(25)15-11-8-12-16-29/h9-10,13-14H,4-8,11-12,15-21H2,1-3H3. The Morgan fingerprint density at radius 1 is 1.06 bits per heavy atom. The van der Waals surface area contributed by atoms with Gasteiger partial charge in [0.2, 0.25) is 5.91 Å². The summed E-state index contributed by atoms with van der Waals surface area (Å²) in [4.78, 5) is 34.4. The van der Waals surface area contributed by atoms with E-state index < -0.39 is 0 Å². The van der Waals surface area contributed by atoms with Gasteiger partial charge in [-0.3, -0.25) is 14.2 Å². The summed E-state index contributed by atoms with van der Waals surface area (Å²) >= 11 is 1.44. The summed E-state index contributed by atoms with van der Waals surface area (Å²) in [5.41, 5.74) is 4.27. The number of rotatable bonds is 10. The summed E-state index contributed by atoms with van der Waals surface area (Å²) in [5.74, 6) is 0.460. The summed E-state index contributed by atoms with van der Waals surface area (Å²) in [6.07, 6.45) is 10.5. The van der Waals surface area contributed by atoms with Crippen molar-refractivity contribution >= 4 is 17.7 Å². The highest BCUT2D eigenvalue weighted by atomic mass is 32.2. The Bertz CT molecular complexity index is 1080. The Labute approximate surface area is 214 Å². The zero-order valence-electron chi connectivity index (χ0n) is 21.8. The molecule has 0 aliphatic heterocycles. The highest BCUT2D eigenvalue weighted by molar-refractivity contribution is 7.99. The Hall–Kier alpha value is -2.08. The molecular formula is C29H41N3O2S. The van der Waals surface area contributed by atoms with Crippen LogP contribution in [-0.2, 0) is 23.2 Å². The molecule has 1 spiro atoms. The van der Waals surface area contributed by atoms with E-state index in [1.165, 1.54) is 36.6 Å². The van der Waals surface area contributed by atoms with Crippen LogP contribution in [0.1, 0.15) is 89.7 Å². The Morgan fingerprint density at radius 3 is 2.46 bits per heavy atom. The quantitative estimate of drug-likeness (QED) is 0.290. The van der Waals surface area contributed by atoms with Gasteiger partial charge < -0.3 is 4.90 Å². The van der Waals surface area contributed by atoms with Crippen LogP contribution in [-0.4, -0.2) is 39.2 Å². The number of aromatic nitrogens is 2. The topological polar surface area (TPSA) is 55.2 Å². The maximum Gasteiger partial charge on any atom is 0.258 e.